The molecule has 6 nitrogen and oxygen atoms in total. The lowest BCUT2D eigenvalue weighted by Crippen LogP contribution is -2.19. The molecule has 0 amide bonds. The van der Waals surface area contributed by atoms with Gasteiger partial charge in [0.15, 0.2) is 5.11 Å². The maximum Gasteiger partial charge on any atom is 0.238 e. The van der Waals surface area contributed by atoms with Crippen LogP contribution in [0.15, 0.2) is 53.4 Å². The number of ether oxygens (including phenoxy) is 1. The van der Waals surface area contributed by atoms with Crippen molar-refractivity contribution in [1.82, 2.24) is 0 Å². The van der Waals surface area contributed by atoms with E-state index in [1.54, 1.807) is 25.3 Å². The quantitative estimate of drug-likeness (QED) is 0.740. The number of benzene rings is 2. The normalized spacial score (nSPS) is 10.8. The van der Waals surface area contributed by atoms with Crippen LogP contribution in [0.25, 0.3) is 0 Å². The molecule has 0 aromatic heterocycles. The van der Waals surface area contributed by atoms with E-state index in [1.807, 2.05) is 18.2 Å². The van der Waals surface area contributed by atoms with Crippen LogP contribution in [0, 0.1) is 0 Å². The second kappa shape index (κ2) is 6.73. The first kappa shape index (κ1) is 16.2. The number of hydrogen-bond acceptors (Lipinski definition) is 4. The van der Waals surface area contributed by atoms with Crippen molar-refractivity contribution >= 4 is 38.7 Å². The summed E-state index contributed by atoms with van der Waals surface area (Å²) in [6.07, 6.45) is 0. The van der Waals surface area contributed by atoms with E-state index in [1.165, 1.54) is 12.1 Å². The van der Waals surface area contributed by atoms with E-state index in [-0.39, 0.29) is 4.90 Å². The summed E-state index contributed by atoms with van der Waals surface area (Å²) in [6.45, 7) is 0. The van der Waals surface area contributed by atoms with E-state index in [4.69, 9.17) is 22.1 Å². The molecule has 22 heavy (non-hydrogen) atoms. The number of hydrogen-bond donors (Lipinski definition) is 3. The van der Waals surface area contributed by atoms with Gasteiger partial charge < -0.3 is 15.4 Å². The fraction of sp³-hybridized carbons (Fsp3) is 0.0714. The van der Waals surface area contributed by atoms with Gasteiger partial charge in [-0.15, -0.1) is 0 Å². The topological polar surface area (TPSA) is 93.4 Å². The first-order valence-corrected chi connectivity index (χ1v) is 8.19. The molecule has 0 fully saturated rings. The molecule has 2 aromatic rings. The predicted octanol–water partition coefficient (Wildman–Crippen LogP) is 2.15. The number of methoxy groups -OCH3 is 1. The average molecular weight is 337 g/mol. The third kappa shape index (κ3) is 4.42. The summed E-state index contributed by atoms with van der Waals surface area (Å²) in [6, 6.07) is 13.3. The lowest BCUT2D eigenvalue weighted by molar-refractivity contribution is 0.415. The maximum absolute atomic E-state index is 11.2. The van der Waals surface area contributed by atoms with E-state index in [9.17, 15) is 8.42 Å². The van der Waals surface area contributed by atoms with Gasteiger partial charge in [-0.3, -0.25) is 0 Å². The summed E-state index contributed by atoms with van der Waals surface area (Å²) in [5.74, 6) is 0.713. The van der Waals surface area contributed by atoms with E-state index in [0.717, 1.165) is 5.69 Å². The lowest BCUT2D eigenvalue weighted by Gasteiger charge is -2.11. The molecule has 0 heterocycles. The summed E-state index contributed by atoms with van der Waals surface area (Å²) in [5, 5.41) is 11.4. The van der Waals surface area contributed by atoms with Crippen molar-refractivity contribution in [1.29, 1.82) is 0 Å². The minimum Gasteiger partial charge on any atom is -0.497 e. The van der Waals surface area contributed by atoms with Crippen molar-refractivity contribution in [2.24, 2.45) is 5.14 Å². The molecule has 0 atom stereocenters. The molecule has 0 spiro atoms. The van der Waals surface area contributed by atoms with Crippen LogP contribution >= 0.6 is 12.2 Å². The summed E-state index contributed by atoms with van der Waals surface area (Å²) in [4.78, 5) is 0.0460. The SMILES string of the molecule is COc1cccc(NC(=S)Nc2ccc(S(N)(=O)=O)cc2)c1. The Balaban J connectivity index is 2.02. The highest BCUT2D eigenvalue weighted by Gasteiger charge is 2.07. The number of sulfonamides is 1. The minimum absolute atomic E-state index is 0.0460. The third-order valence-electron chi connectivity index (χ3n) is 2.77. The molecular formula is C14H15N3O3S2. The van der Waals surface area contributed by atoms with E-state index in [0.29, 0.717) is 16.5 Å². The molecule has 0 bridgehead atoms. The molecule has 0 radical (unpaired) electrons. The fourth-order valence-electron chi connectivity index (χ4n) is 1.72. The Morgan fingerprint density at radius 2 is 1.73 bits per heavy atom. The van der Waals surface area contributed by atoms with Crippen molar-refractivity contribution in [3.63, 3.8) is 0 Å². The van der Waals surface area contributed by atoms with Gasteiger partial charge in [-0.2, -0.15) is 0 Å². The molecule has 116 valence electrons. The summed E-state index contributed by atoms with van der Waals surface area (Å²) >= 11 is 5.20. The standard InChI is InChI=1S/C14H15N3O3S2/c1-20-12-4-2-3-11(9-12)17-14(21)16-10-5-7-13(8-6-10)22(15,18)19/h2-9H,1H3,(H2,15,18,19)(H2,16,17,21). The Hall–Kier alpha value is -2.16. The fourth-order valence-corrected chi connectivity index (χ4v) is 2.47. The first-order valence-electron chi connectivity index (χ1n) is 6.23. The molecule has 2 rings (SSSR count). The van der Waals surface area contributed by atoms with Gasteiger partial charge in [0, 0.05) is 17.4 Å². The van der Waals surface area contributed by atoms with Crippen molar-refractivity contribution in [2.45, 2.75) is 4.90 Å². The van der Waals surface area contributed by atoms with E-state index in [2.05, 4.69) is 10.6 Å². The second-order valence-electron chi connectivity index (χ2n) is 4.38. The molecule has 0 unspecified atom stereocenters. The number of nitrogens with one attached hydrogen (secondary N) is 2. The Morgan fingerprint density at radius 3 is 2.32 bits per heavy atom. The highest BCUT2D eigenvalue weighted by Crippen LogP contribution is 2.17. The summed E-state index contributed by atoms with van der Waals surface area (Å²) < 4.78 is 27.5. The number of thiocarbonyl (C=S) groups is 1. The van der Waals surface area contributed by atoms with Gasteiger partial charge in [-0.25, -0.2) is 13.6 Å². The molecule has 0 aliphatic rings. The third-order valence-corrected chi connectivity index (χ3v) is 3.90. The van der Waals surface area contributed by atoms with Crippen LogP contribution in [-0.2, 0) is 10.0 Å². The minimum atomic E-state index is -3.69. The zero-order valence-electron chi connectivity index (χ0n) is 11.7. The van der Waals surface area contributed by atoms with Crippen LogP contribution in [0.5, 0.6) is 5.75 Å². The summed E-state index contributed by atoms with van der Waals surface area (Å²) in [5.41, 5.74) is 1.42. The van der Waals surface area contributed by atoms with Gasteiger partial charge in [-0.05, 0) is 48.6 Å². The Morgan fingerprint density at radius 1 is 1.09 bits per heavy atom. The largest absolute Gasteiger partial charge is 0.497 e. The number of nitrogens with two attached hydrogens (primary N) is 1. The van der Waals surface area contributed by atoms with Crippen LogP contribution in [-0.4, -0.2) is 20.6 Å². The van der Waals surface area contributed by atoms with Gasteiger partial charge in [0.05, 0.1) is 12.0 Å². The Labute approximate surface area is 134 Å². The Kier molecular flexibility index (Phi) is 4.96. The van der Waals surface area contributed by atoms with Gasteiger partial charge in [0.25, 0.3) is 0 Å². The molecule has 0 aliphatic heterocycles. The molecule has 0 aliphatic carbocycles. The van der Waals surface area contributed by atoms with Gasteiger partial charge >= 0.3 is 0 Å². The lowest BCUT2D eigenvalue weighted by atomic mass is 10.3. The second-order valence-corrected chi connectivity index (χ2v) is 6.35. The monoisotopic (exact) mass is 337 g/mol. The smallest absolute Gasteiger partial charge is 0.238 e. The molecule has 0 saturated heterocycles. The zero-order chi connectivity index (χ0) is 16.2. The number of primary sulfonamides is 1. The average Bonchev–Trinajstić information content (AvgIpc) is 2.47. The maximum atomic E-state index is 11.2. The highest BCUT2D eigenvalue weighted by molar-refractivity contribution is 7.89. The zero-order valence-corrected chi connectivity index (χ0v) is 13.4. The van der Waals surface area contributed by atoms with Gasteiger partial charge in [0.2, 0.25) is 10.0 Å². The van der Waals surface area contributed by atoms with E-state index < -0.39 is 10.0 Å². The van der Waals surface area contributed by atoms with Gasteiger partial charge in [0.1, 0.15) is 5.75 Å². The van der Waals surface area contributed by atoms with Crippen molar-refractivity contribution in [3.05, 3.63) is 48.5 Å². The molecule has 2 aromatic carbocycles. The number of rotatable bonds is 4. The van der Waals surface area contributed by atoms with Crippen LogP contribution < -0.4 is 20.5 Å². The molecule has 0 saturated carbocycles. The van der Waals surface area contributed by atoms with E-state index >= 15 is 0 Å². The summed E-state index contributed by atoms with van der Waals surface area (Å²) in [7, 11) is -2.11. The van der Waals surface area contributed by atoms with Crippen LogP contribution in [0.3, 0.4) is 0 Å². The van der Waals surface area contributed by atoms with Crippen molar-refractivity contribution in [3.8, 4) is 5.75 Å². The van der Waals surface area contributed by atoms with Crippen LogP contribution in [0.2, 0.25) is 0 Å². The highest BCUT2D eigenvalue weighted by atomic mass is 32.2. The predicted molar refractivity (Wildman–Crippen MR) is 90.7 cm³/mol. The first-order chi connectivity index (χ1) is 10.4. The van der Waals surface area contributed by atoms with Crippen LogP contribution in [0.4, 0.5) is 11.4 Å². The molecule has 8 heteroatoms. The molecule has 4 N–H and O–H groups in total. The Bertz CT molecular complexity index is 774. The molecular weight excluding hydrogens is 322 g/mol. The van der Waals surface area contributed by atoms with Crippen molar-refractivity contribution < 1.29 is 13.2 Å². The van der Waals surface area contributed by atoms with Crippen molar-refractivity contribution in [2.75, 3.05) is 17.7 Å². The van der Waals surface area contributed by atoms with Gasteiger partial charge in [-0.1, -0.05) is 6.07 Å². The van der Waals surface area contributed by atoms with Crippen LogP contribution in [0.1, 0.15) is 0 Å². The number of anilines is 2.